The number of carbonyl (C=O) groups is 1. The maximum atomic E-state index is 12.1. The zero-order chi connectivity index (χ0) is 14.7. The summed E-state index contributed by atoms with van der Waals surface area (Å²) >= 11 is 3.47. The summed E-state index contributed by atoms with van der Waals surface area (Å²) in [5.41, 5.74) is 2.67. The Morgan fingerprint density at radius 3 is 2.65 bits per heavy atom. The highest BCUT2D eigenvalue weighted by Gasteiger charge is 2.14. The van der Waals surface area contributed by atoms with Crippen LogP contribution >= 0.6 is 15.9 Å². The Morgan fingerprint density at radius 1 is 1.40 bits per heavy atom. The van der Waals surface area contributed by atoms with E-state index in [0.717, 1.165) is 21.4 Å². The summed E-state index contributed by atoms with van der Waals surface area (Å²) in [5.74, 6) is 0.673. The second kappa shape index (κ2) is 6.17. The largest absolute Gasteiger partial charge is 0.481 e. The lowest BCUT2D eigenvalue weighted by Gasteiger charge is -2.04. The minimum absolute atomic E-state index is 0.126. The van der Waals surface area contributed by atoms with Crippen molar-refractivity contribution in [2.24, 2.45) is 7.05 Å². The van der Waals surface area contributed by atoms with Gasteiger partial charge in [-0.05, 0) is 28.4 Å². The molecule has 6 heteroatoms. The molecule has 0 bridgehead atoms. The maximum Gasteiger partial charge on any atom is 0.212 e. The third kappa shape index (κ3) is 3.25. The second-order valence-corrected chi connectivity index (χ2v) is 5.36. The first kappa shape index (κ1) is 14.7. The van der Waals surface area contributed by atoms with Gasteiger partial charge in [-0.3, -0.25) is 9.48 Å². The van der Waals surface area contributed by atoms with Gasteiger partial charge in [-0.1, -0.05) is 6.07 Å². The van der Waals surface area contributed by atoms with Gasteiger partial charge in [0, 0.05) is 32.2 Å². The molecule has 0 atom stereocenters. The smallest absolute Gasteiger partial charge is 0.212 e. The molecule has 2 heterocycles. The molecule has 5 nitrogen and oxygen atoms in total. The van der Waals surface area contributed by atoms with E-state index in [1.54, 1.807) is 24.1 Å². The first-order chi connectivity index (χ1) is 9.51. The Kier molecular flexibility index (Phi) is 4.54. The normalized spacial score (nSPS) is 10.6. The molecule has 0 aliphatic heterocycles. The lowest BCUT2D eigenvalue weighted by atomic mass is 10.1. The van der Waals surface area contributed by atoms with Crippen molar-refractivity contribution < 1.29 is 9.53 Å². The van der Waals surface area contributed by atoms with Gasteiger partial charge in [0.05, 0.1) is 23.0 Å². The van der Waals surface area contributed by atoms with Crippen LogP contribution in [-0.2, 0) is 24.7 Å². The number of ether oxygens (including phenoxy) is 1. The summed E-state index contributed by atoms with van der Waals surface area (Å²) in [6.45, 7) is 1.91. The number of carbonyl (C=O) groups excluding carboxylic acids is 1. The van der Waals surface area contributed by atoms with Crippen LogP contribution in [0.5, 0.6) is 5.88 Å². The molecular weight excluding hydrogens is 322 g/mol. The predicted octanol–water partition coefficient (Wildman–Crippen LogP) is 2.25. The number of ketones is 1. The third-order valence-electron chi connectivity index (χ3n) is 3.03. The minimum atomic E-state index is 0.126. The molecule has 0 unspecified atom stereocenters. The van der Waals surface area contributed by atoms with Gasteiger partial charge in [-0.2, -0.15) is 5.10 Å². The molecule has 0 aromatic carbocycles. The fourth-order valence-electron chi connectivity index (χ4n) is 1.99. The van der Waals surface area contributed by atoms with Crippen molar-refractivity contribution >= 4 is 21.7 Å². The molecule has 0 amide bonds. The van der Waals surface area contributed by atoms with E-state index in [0.29, 0.717) is 18.7 Å². The zero-order valence-corrected chi connectivity index (χ0v) is 13.3. The van der Waals surface area contributed by atoms with Crippen LogP contribution in [0.1, 0.15) is 17.0 Å². The lowest BCUT2D eigenvalue weighted by Crippen LogP contribution is -2.10. The van der Waals surface area contributed by atoms with Gasteiger partial charge in [0.1, 0.15) is 5.78 Å². The fourth-order valence-corrected chi connectivity index (χ4v) is 2.46. The molecule has 0 radical (unpaired) electrons. The van der Waals surface area contributed by atoms with Crippen LogP contribution < -0.4 is 4.74 Å². The molecule has 0 N–H and O–H groups in total. The van der Waals surface area contributed by atoms with Crippen molar-refractivity contribution in [2.45, 2.75) is 19.8 Å². The van der Waals surface area contributed by atoms with Crippen LogP contribution in [-0.4, -0.2) is 27.7 Å². The SMILES string of the molecule is COc1ccc(CC(=O)Cc2c(Br)c(C)nn2C)cn1. The number of rotatable bonds is 5. The van der Waals surface area contributed by atoms with Crippen molar-refractivity contribution in [1.29, 1.82) is 0 Å². The molecule has 106 valence electrons. The monoisotopic (exact) mass is 337 g/mol. The summed E-state index contributed by atoms with van der Waals surface area (Å²) in [7, 11) is 3.41. The lowest BCUT2D eigenvalue weighted by molar-refractivity contribution is -0.117. The van der Waals surface area contributed by atoms with E-state index in [1.165, 1.54) is 0 Å². The standard InChI is InChI=1S/C14H16BrN3O2/c1-9-14(15)12(18(2)17-9)7-11(19)6-10-4-5-13(20-3)16-8-10/h4-5,8H,6-7H2,1-3H3. The molecule has 0 aliphatic carbocycles. The van der Waals surface area contributed by atoms with Gasteiger partial charge in [0.15, 0.2) is 0 Å². The summed E-state index contributed by atoms with van der Waals surface area (Å²) < 4.78 is 7.63. The number of methoxy groups -OCH3 is 1. The molecule has 0 spiro atoms. The predicted molar refractivity (Wildman–Crippen MR) is 78.8 cm³/mol. The number of hydrogen-bond acceptors (Lipinski definition) is 4. The molecular formula is C14H16BrN3O2. The highest BCUT2D eigenvalue weighted by Crippen LogP contribution is 2.21. The zero-order valence-electron chi connectivity index (χ0n) is 11.7. The highest BCUT2D eigenvalue weighted by atomic mass is 79.9. The molecule has 2 rings (SSSR count). The van der Waals surface area contributed by atoms with Gasteiger partial charge in [0.2, 0.25) is 5.88 Å². The number of halogens is 1. The summed E-state index contributed by atoms with van der Waals surface area (Å²) in [6, 6.07) is 3.61. The van der Waals surface area contributed by atoms with Crippen LogP contribution in [0.25, 0.3) is 0 Å². The molecule has 0 saturated heterocycles. The number of Topliss-reactive ketones (excluding diaryl/α,β-unsaturated/α-hetero) is 1. The summed E-state index contributed by atoms with van der Waals surface area (Å²) in [4.78, 5) is 16.2. The topological polar surface area (TPSA) is 57.0 Å². The number of aryl methyl sites for hydroxylation is 2. The Hall–Kier alpha value is -1.69. The second-order valence-electron chi connectivity index (χ2n) is 4.57. The van der Waals surface area contributed by atoms with Gasteiger partial charge >= 0.3 is 0 Å². The average molecular weight is 338 g/mol. The first-order valence-electron chi connectivity index (χ1n) is 6.20. The van der Waals surface area contributed by atoms with Crippen LogP contribution in [0.4, 0.5) is 0 Å². The van der Waals surface area contributed by atoms with Crippen molar-refractivity contribution in [1.82, 2.24) is 14.8 Å². The van der Waals surface area contributed by atoms with E-state index in [9.17, 15) is 4.79 Å². The van der Waals surface area contributed by atoms with Crippen molar-refractivity contribution in [3.63, 3.8) is 0 Å². The van der Waals surface area contributed by atoms with Crippen LogP contribution in [0, 0.1) is 6.92 Å². The maximum absolute atomic E-state index is 12.1. The Morgan fingerprint density at radius 2 is 2.15 bits per heavy atom. The number of hydrogen-bond donors (Lipinski definition) is 0. The van der Waals surface area contributed by atoms with Gasteiger partial charge in [-0.25, -0.2) is 4.98 Å². The van der Waals surface area contributed by atoms with Crippen molar-refractivity contribution in [3.8, 4) is 5.88 Å². The molecule has 0 fully saturated rings. The summed E-state index contributed by atoms with van der Waals surface area (Å²) in [6.07, 6.45) is 2.37. The van der Waals surface area contributed by atoms with Gasteiger partial charge in [0.25, 0.3) is 0 Å². The van der Waals surface area contributed by atoms with E-state index in [2.05, 4.69) is 26.0 Å². The number of aromatic nitrogens is 3. The van der Waals surface area contributed by atoms with Crippen LogP contribution in [0.15, 0.2) is 22.8 Å². The Labute approximate surface area is 126 Å². The minimum Gasteiger partial charge on any atom is -0.481 e. The molecule has 0 aliphatic rings. The van der Waals surface area contributed by atoms with Crippen LogP contribution in [0.2, 0.25) is 0 Å². The first-order valence-corrected chi connectivity index (χ1v) is 6.99. The highest BCUT2D eigenvalue weighted by molar-refractivity contribution is 9.10. The van der Waals surface area contributed by atoms with E-state index < -0.39 is 0 Å². The van der Waals surface area contributed by atoms with Crippen LogP contribution in [0.3, 0.4) is 0 Å². The van der Waals surface area contributed by atoms with E-state index >= 15 is 0 Å². The van der Waals surface area contributed by atoms with Gasteiger partial charge < -0.3 is 4.74 Å². The quantitative estimate of drug-likeness (QED) is 0.839. The molecule has 20 heavy (non-hydrogen) atoms. The third-order valence-corrected chi connectivity index (χ3v) is 4.07. The van der Waals surface area contributed by atoms with E-state index in [4.69, 9.17) is 4.74 Å². The van der Waals surface area contributed by atoms with Crippen molar-refractivity contribution in [2.75, 3.05) is 7.11 Å². The number of nitrogens with zero attached hydrogens (tertiary/aromatic N) is 3. The van der Waals surface area contributed by atoms with Crippen molar-refractivity contribution in [3.05, 3.63) is 39.8 Å². The average Bonchev–Trinajstić information content (AvgIpc) is 2.66. The van der Waals surface area contributed by atoms with E-state index in [-0.39, 0.29) is 5.78 Å². The molecule has 2 aromatic heterocycles. The molecule has 2 aromatic rings. The van der Waals surface area contributed by atoms with Gasteiger partial charge in [-0.15, -0.1) is 0 Å². The number of pyridine rings is 1. The Balaban J connectivity index is 2.05. The molecule has 0 saturated carbocycles. The summed E-state index contributed by atoms with van der Waals surface area (Å²) in [5, 5.41) is 4.28. The fraction of sp³-hybridized carbons (Fsp3) is 0.357. The van der Waals surface area contributed by atoms with E-state index in [1.807, 2.05) is 20.0 Å². The Bertz CT molecular complexity index is 620.